The maximum Gasteiger partial charge on any atom is 0.408 e. The monoisotopic (exact) mass is 352 g/mol. The van der Waals surface area contributed by atoms with Crippen molar-refractivity contribution in [3.63, 3.8) is 0 Å². The molecule has 0 saturated heterocycles. The Morgan fingerprint density at radius 1 is 1.36 bits per heavy atom. The van der Waals surface area contributed by atoms with Crippen LogP contribution in [0.2, 0.25) is 0 Å². The van der Waals surface area contributed by atoms with E-state index in [2.05, 4.69) is 20.9 Å². The highest BCUT2D eigenvalue weighted by atomic mass is 79.9. The highest BCUT2D eigenvalue weighted by Gasteiger charge is 2.47. The number of ether oxygens (including phenoxy) is 1. The molecule has 0 saturated carbocycles. The van der Waals surface area contributed by atoms with E-state index >= 15 is 0 Å². The Hall–Kier alpha value is -0.840. The predicted octanol–water partition coefficient (Wildman–Crippen LogP) is 1.08. The van der Waals surface area contributed by atoms with E-state index in [0.29, 0.717) is 15.7 Å². The Morgan fingerprint density at radius 3 is 2.50 bits per heavy atom. The first kappa shape index (κ1) is 17.5. The second kappa shape index (κ2) is 5.36. The molecule has 4 nitrogen and oxygen atoms in total. The summed E-state index contributed by atoms with van der Waals surface area (Å²) in [7, 11) is 24.5. The van der Waals surface area contributed by atoms with Crippen LogP contribution in [0.15, 0.2) is 16.7 Å². The van der Waals surface area contributed by atoms with Crippen LogP contribution >= 0.6 is 15.9 Å². The van der Waals surface area contributed by atoms with Gasteiger partial charge in [-0.1, -0.05) is 0 Å². The minimum absolute atomic E-state index is 0.102. The van der Waals surface area contributed by atoms with Crippen LogP contribution in [-0.4, -0.2) is 58.3 Å². The molecule has 0 aliphatic carbocycles. The van der Waals surface area contributed by atoms with Gasteiger partial charge in [0, 0.05) is 16.4 Å². The zero-order chi connectivity index (χ0) is 16.9. The van der Waals surface area contributed by atoms with E-state index in [9.17, 15) is 4.79 Å². The Morgan fingerprint density at radius 2 is 1.95 bits per heavy atom. The molecule has 0 aromatic carbocycles. The number of carbonyl (C=O) groups is 1. The summed E-state index contributed by atoms with van der Waals surface area (Å²) in [6, 6.07) is 1.69. The van der Waals surface area contributed by atoms with E-state index in [1.807, 2.05) is 0 Å². The Kier molecular flexibility index (Phi) is 4.27. The molecule has 0 N–H and O–H groups in total. The third kappa shape index (κ3) is 3.24. The van der Waals surface area contributed by atoms with Crippen LogP contribution < -0.4 is 0 Å². The number of carbonyl (C=O) groups excluding carboxylic acids is 1. The van der Waals surface area contributed by atoms with E-state index in [0.717, 1.165) is 4.90 Å². The maximum atomic E-state index is 12.5. The Balaban J connectivity index is 2.52. The number of pyridine rings is 1. The first-order chi connectivity index (χ1) is 9.84. The zero-order valence-corrected chi connectivity index (χ0v) is 14.3. The van der Waals surface area contributed by atoms with Gasteiger partial charge in [-0.2, -0.15) is 0 Å². The number of fused-ring (bicyclic) bond motifs is 1. The van der Waals surface area contributed by atoms with Crippen LogP contribution in [0.5, 0.6) is 0 Å². The van der Waals surface area contributed by atoms with Crippen molar-refractivity contribution in [2.45, 2.75) is 43.5 Å². The number of nitrogens with zero attached hydrogens (tertiary/aromatic N) is 2. The summed E-state index contributed by atoms with van der Waals surface area (Å²) >= 11 is 3.31. The molecule has 0 spiro atoms. The summed E-state index contributed by atoms with van der Waals surface area (Å²) in [5, 5.41) is -3.35. The molecule has 106 valence electrons. The fourth-order valence-corrected chi connectivity index (χ4v) is 2.73. The van der Waals surface area contributed by atoms with Gasteiger partial charge in [-0.05, 0) is 65.4 Å². The van der Waals surface area contributed by atoms with Gasteiger partial charge in [-0.3, -0.25) is 4.98 Å². The lowest BCUT2D eigenvalue weighted by Gasteiger charge is -2.54. The molecule has 1 aromatic heterocycles. The van der Waals surface area contributed by atoms with E-state index in [1.165, 1.54) is 0 Å². The quantitative estimate of drug-likeness (QED) is 0.656. The number of amides is 1. The van der Waals surface area contributed by atoms with Gasteiger partial charge < -0.3 is 9.64 Å². The molecular weight excluding hydrogens is 339 g/mol. The summed E-state index contributed by atoms with van der Waals surface area (Å²) in [5.41, 5.74) is 0.260. The van der Waals surface area contributed by atoms with Gasteiger partial charge in [0.2, 0.25) is 0 Å². The van der Waals surface area contributed by atoms with Gasteiger partial charge in [0.15, 0.2) is 0 Å². The normalized spacial score (nSPS) is 19.4. The van der Waals surface area contributed by atoms with Crippen molar-refractivity contribution < 1.29 is 9.53 Å². The van der Waals surface area contributed by atoms with Crippen LogP contribution in [0.4, 0.5) is 4.79 Å². The highest BCUT2D eigenvalue weighted by molar-refractivity contribution is 9.10. The predicted molar refractivity (Wildman–Crippen MR) is 91.1 cm³/mol. The highest BCUT2D eigenvalue weighted by Crippen LogP contribution is 2.38. The maximum absolute atomic E-state index is 12.5. The number of halogens is 1. The lowest BCUT2D eigenvalue weighted by atomic mass is 9.46. The standard InChI is InChI=1S/C13H13B4BrN2O2/c1-11(2,3)22-10(21)20-12(14,15)5-9-8(13(20,16)17)4-7(18)6-19-9/h4,6H,5H2,1-3H3. The molecule has 9 heteroatoms. The minimum Gasteiger partial charge on any atom is -0.444 e. The minimum atomic E-state index is -1.74. The summed E-state index contributed by atoms with van der Waals surface area (Å²) in [6.07, 6.45) is 0.909. The number of hydrogen-bond donors (Lipinski definition) is 0. The Bertz CT molecular complexity index is 617. The van der Waals surface area contributed by atoms with Crippen LogP contribution in [0.3, 0.4) is 0 Å². The molecule has 0 fully saturated rings. The number of aromatic nitrogens is 1. The van der Waals surface area contributed by atoms with Gasteiger partial charge in [-0.25, -0.2) is 4.79 Å². The molecule has 0 bridgehead atoms. The van der Waals surface area contributed by atoms with Crippen molar-refractivity contribution in [2.75, 3.05) is 0 Å². The van der Waals surface area contributed by atoms with Crippen LogP contribution in [-0.2, 0) is 16.5 Å². The first-order valence-electron chi connectivity index (χ1n) is 6.68. The molecular formula is C13H13B4BrN2O2. The average molecular weight is 352 g/mol. The van der Waals surface area contributed by atoms with Gasteiger partial charge >= 0.3 is 6.09 Å². The van der Waals surface area contributed by atoms with Gasteiger partial charge in [0.25, 0.3) is 0 Å². The SMILES string of the molecule is [B]C1([B])Cc2ncc(Br)cc2C([B])([B])N1C(=O)OC(C)(C)C. The topological polar surface area (TPSA) is 42.4 Å². The molecule has 2 heterocycles. The average Bonchev–Trinajstić information content (AvgIpc) is 2.26. The van der Waals surface area contributed by atoms with Crippen molar-refractivity contribution in [1.82, 2.24) is 9.88 Å². The summed E-state index contributed by atoms with van der Waals surface area (Å²) in [6.45, 7) is 5.18. The van der Waals surface area contributed by atoms with Crippen molar-refractivity contribution in [3.05, 3.63) is 28.0 Å². The Labute approximate surface area is 144 Å². The molecule has 1 aliphatic rings. The molecule has 1 aromatic rings. The molecule has 22 heavy (non-hydrogen) atoms. The van der Waals surface area contributed by atoms with Gasteiger partial charge in [-0.15, -0.1) is 0 Å². The van der Waals surface area contributed by atoms with E-state index in [4.69, 9.17) is 36.1 Å². The fourth-order valence-electron chi connectivity index (χ4n) is 2.40. The molecule has 2 rings (SSSR count). The smallest absolute Gasteiger partial charge is 0.408 e. The van der Waals surface area contributed by atoms with Crippen LogP contribution in [0, 0.1) is 0 Å². The van der Waals surface area contributed by atoms with E-state index in [1.54, 1.807) is 33.0 Å². The number of hydrogen-bond acceptors (Lipinski definition) is 3. The first-order valence-corrected chi connectivity index (χ1v) is 7.47. The van der Waals surface area contributed by atoms with Crippen molar-refractivity contribution in [2.24, 2.45) is 0 Å². The van der Waals surface area contributed by atoms with Crippen molar-refractivity contribution >= 4 is 53.4 Å². The lowest BCUT2D eigenvalue weighted by Crippen LogP contribution is -2.67. The molecule has 1 amide bonds. The van der Waals surface area contributed by atoms with Crippen LogP contribution in [0.1, 0.15) is 32.0 Å². The third-order valence-electron chi connectivity index (χ3n) is 3.18. The van der Waals surface area contributed by atoms with Crippen molar-refractivity contribution in [1.29, 1.82) is 0 Å². The van der Waals surface area contributed by atoms with E-state index < -0.39 is 22.4 Å². The molecule has 8 radical (unpaired) electrons. The molecule has 1 aliphatic heterocycles. The largest absolute Gasteiger partial charge is 0.444 e. The summed E-state index contributed by atoms with van der Waals surface area (Å²) in [5.74, 6) is 0. The molecule has 0 atom stereocenters. The van der Waals surface area contributed by atoms with E-state index in [-0.39, 0.29) is 6.42 Å². The van der Waals surface area contributed by atoms with Crippen LogP contribution in [0.25, 0.3) is 0 Å². The lowest BCUT2D eigenvalue weighted by molar-refractivity contribution is 0.00868. The summed E-state index contributed by atoms with van der Waals surface area (Å²) < 4.78 is 6.01. The fraction of sp³-hybridized carbons (Fsp3) is 0.538. The number of rotatable bonds is 0. The van der Waals surface area contributed by atoms with Crippen molar-refractivity contribution in [3.8, 4) is 0 Å². The second-order valence-corrected chi connectivity index (χ2v) is 7.37. The second-order valence-electron chi connectivity index (χ2n) is 6.46. The van der Waals surface area contributed by atoms with Gasteiger partial charge in [0.1, 0.15) is 5.60 Å². The third-order valence-corrected chi connectivity index (χ3v) is 3.61. The van der Waals surface area contributed by atoms with Gasteiger partial charge in [0.05, 0.1) is 31.4 Å². The zero-order valence-electron chi connectivity index (χ0n) is 12.8. The molecule has 0 unspecified atom stereocenters. The summed E-state index contributed by atoms with van der Waals surface area (Å²) in [4.78, 5) is 17.7.